The first-order valence-electron chi connectivity index (χ1n) is 11.0. The fourth-order valence-electron chi connectivity index (χ4n) is 4.82. The molecular weight excluding hydrogens is 360 g/mol. The van der Waals surface area contributed by atoms with Crippen molar-refractivity contribution in [1.29, 1.82) is 0 Å². The molecule has 0 radical (unpaired) electrons. The number of pyridine rings is 1. The average molecular weight is 393 g/mol. The van der Waals surface area contributed by atoms with Crippen molar-refractivity contribution in [3.05, 3.63) is 48.0 Å². The van der Waals surface area contributed by atoms with Crippen LogP contribution in [0.15, 0.2) is 42.5 Å². The van der Waals surface area contributed by atoms with E-state index in [1.807, 2.05) is 18.2 Å². The SMILES string of the molecule is Nc1cccc(-c2ccc(CCN3CCN(C(C=O)C4CCCC4)CC3)cc2)n1. The van der Waals surface area contributed by atoms with Gasteiger partial charge in [0.25, 0.3) is 0 Å². The van der Waals surface area contributed by atoms with E-state index in [1.54, 1.807) is 0 Å². The Morgan fingerprint density at radius 2 is 1.76 bits per heavy atom. The van der Waals surface area contributed by atoms with Crippen LogP contribution in [0.1, 0.15) is 31.2 Å². The first-order valence-corrected chi connectivity index (χ1v) is 11.0. The number of carbonyl (C=O) groups excluding carboxylic acids is 1. The fraction of sp³-hybridized carbons (Fsp3) is 0.500. The Morgan fingerprint density at radius 3 is 2.41 bits per heavy atom. The van der Waals surface area contributed by atoms with Crippen LogP contribution >= 0.6 is 0 Å². The van der Waals surface area contributed by atoms with Crippen LogP contribution in [0.25, 0.3) is 11.3 Å². The lowest BCUT2D eigenvalue weighted by Crippen LogP contribution is -2.53. The minimum atomic E-state index is 0.146. The number of anilines is 1. The molecule has 1 aromatic carbocycles. The molecule has 1 aromatic heterocycles. The molecule has 1 saturated carbocycles. The molecule has 2 heterocycles. The van der Waals surface area contributed by atoms with Gasteiger partial charge in [0, 0.05) is 38.3 Å². The Bertz CT molecular complexity index is 793. The van der Waals surface area contributed by atoms with Gasteiger partial charge in [0.05, 0.1) is 11.7 Å². The van der Waals surface area contributed by atoms with Gasteiger partial charge in [0.15, 0.2) is 0 Å². The highest BCUT2D eigenvalue weighted by Crippen LogP contribution is 2.30. The van der Waals surface area contributed by atoms with Gasteiger partial charge in [-0.2, -0.15) is 0 Å². The van der Waals surface area contributed by atoms with Crippen LogP contribution in [0.3, 0.4) is 0 Å². The van der Waals surface area contributed by atoms with E-state index >= 15 is 0 Å². The summed E-state index contributed by atoms with van der Waals surface area (Å²) in [6, 6.07) is 14.5. The third-order valence-corrected chi connectivity index (χ3v) is 6.59. The van der Waals surface area contributed by atoms with Gasteiger partial charge >= 0.3 is 0 Å². The zero-order valence-corrected chi connectivity index (χ0v) is 17.2. The van der Waals surface area contributed by atoms with Crippen molar-refractivity contribution in [2.24, 2.45) is 5.92 Å². The van der Waals surface area contributed by atoms with Crippen molar-refractivity contribution in [2.45, 2.75) is 38.1 Å². The number of carbonyl (C=O) groups is 1. The summed E-state index contributed by atoms with van der Waals surface area (Å²) in [4.78, 5) is 21.0. The van der Waals surface area contributed by atoms with Gasteiger partial charge in [-0.15, -0.1) is 0 Å². The maximum Gasteiger partial charge on any atom is 0.137 e. The number of hydrogen-bond donors (Lipinski definition) is 1. The van der Waals surface area contributed by atoms with Crippen molar-refractivity contribution < 1.29 is 4.79 Å². The van der Waals surface area contributed by atoms with Crippen molar-refractivity contribution in [3.8, 4) is 11.3 Å². The lowest BCUT2D eigenvalue weighted by Gasteiger charge is -2.39. The van der Waals surface area contributed by atoms with Crippen molar-refractivity contribution in [1.82, 2.24) is 14.8 Å². The summed E-state index contributed by atoms with van der Waals surface area (Å²) < 4.78 is 0. The predicted molar refractivity (Wildman–Crippen MR) is 118 cm³/mol. The molecule has 1 atom stereocenters. The number of hydrogen-bond acceptors (Lipinski definition) is 5. The Morgan fingerprint density at radius 1 is 1.03 bits per heavy atom. The molecule has 0 bridgehead atoms. The molecule has 0 spiro atoms. The number of rotatable bonds is 7. The van der Waals surface area contributed by atoms with E-state index < -0.39 is 0 Å². The third kappa shape index (κ3) is 5.03. The third-order valence-electron chi connectivity index (χ3n) is 6.59. The fourth-order valence-corrected chi connectivity index (χ4v) is 4.82. The van der Waals surface area contributed by atoms with E-state index in [4.69, 9.17) is 5.73 Å². The molecule has 4 rings (SSSR count). The van der Waals surface area contributed by atoms with Crippen LogP contribution in [0, 0.1) is 5.92 Å². The molecule has 0 amide bonds. The number of nitrogens with two attached hydrogens (primary N) is 1. The molecule has 2 aliphatic rings. The molecule has 29 heavy (non-hydrogen) atoms. The first-order chi connectivity index (χ1) is 14.2. The Kier molecular flexibility index (Phi) is 6.57. The predicted octanol–water partition coefficient (Wildman–Crippen LogP) is 3.25. The Balaban J connectivity index is 1.25. The topological polar surface area (TPSA) is 62.5 Å². The minimum absolute atomic E-state index is 0.146. The molecule has 154 valence electrons. The van der Waals surface area contributed by atoms with E-state index in [2.05, 4.69) is 39.0 Å². The summed E-state index contributed by atoms with van der Waals surface area (Å²) in [6.07, 6.45) is 7.30. The van der Waals surface area contributed by atoms with Gasteiger partial charge in [-0.25, -0.2) is 4.98 Å². The average Bonchev–Trinajstić information content (AvgIpc) is 3.29. The molecular formula is C24H32N4O. The standard InChI is InChI=1S/C24H32N4O/c25-24-7-3-6-22(26-24)20-10-8-19(9-11-20)12-13-27-14-16-28(17-15-27)23(18-29)21-4-1-2-5-21/h3,6-11,18,21,23H,1-2,4-5,12-17H2,(H2,25,26). The summed E-state index contributed by atoms with van der Waals surface area (Å²) in [5, 5.41) is 0. The maximum atomic E-state index is 11.7. The zero-order chi connectivity index (χ0) is 20.1. The van der Waals surface area contributed by atoms with E-state index in [-0.39, 0.29) is 6.04 Å². The van der Waals surface area contributed by atoms with Gasteiger partial charge < -0.3 is 15.4 Å². The van der Waals surface area contributed by atoms with Crippen LogP contribution in [0.4, 0.5) is 5.82 Å². The van der Waals surface area contributed by atoms with E-state index in [9.17, 15) is 4.79 Å². The van der Waals surface area contributed by atoms with Gasteiger partial charge in [-0.3, -0.25) is 4.90 Å². The van der Waals surface area contributed by atoms with Gasteiger partial charge in [0.2, 0.25) is 0 Å². The molecule has 2 N–H and O–H groups in total. The van der Waals surface area contributed by atoms with Crippen LogP contribution in [-0.2, 0) is 11.2 Å². The minimum Gasteiger partial charge on any atom is -0.384 e. The Labute approximate surface area is 173 Å². The van der Waals surface area contributed by atoms with Crippen molar-refractivity contribution in [3.63, 3.8) is 0 Å². The van der Waals surface area contributed by atoms with Crippen LogP contribution in [-0.4, -0.2) is 59.8 Å². The monoisotopic (exact) mass is 392 g/mol. The van der Waals surface area contributed by atoms with Gasteiger partial charge in [-0.05, 0) is 42.9 Å². The largest absolute Gasteiger partial charge is 0.384 e. The van der Waals surface area contributed by atoms with Crippen molar-refractivity contribution >= 4 is 12.1 Å². The second-order valence-electron chi connectivity index (χ2n) is 8.44. The second kappa shape index (κ2) is 9.51. The summed E-state index contributed by atoms with van der Waals surface area (Å²) >= 11 is 0. The second-order valence-corrected chi connectivity index (χ2v) is 8.44. The molecule has 1 unspecified atom stereocenters. The summed E-state index contributed by atoms with van der Waals surface area (Å²) in [5.74, 6) is 1.14. The van der Waals surface area contributed by atoms with Crippen molar-refractivity contribution in [2.75, 3.05) is 38.5 Å². The normalized spacial score (nSPS) is 20.0. The molecule has 1 aliphatic carbocycles. The number of nitrogen functional groups attached to an aromatic ring is 1. The highest BCUT2D eigenvalue weighted by molar-refractivity contribution is 5.61. The molecule has 2 aromatic rings. The molecule has 1 saturated heterocycles. The van der Waals surface area contributed by atoms with Crippen LogP contribution < -0.4 is 5.73 Å². The molecule has 1 aliphatic heterocycles. The van der Waals surface area contributed by atoms with Crippen LogP contribution in [0.5, 0.6) is 0 Å². The number of aromatic nitrogens is 1. The highest BCUT2D eigenvalue weighted by atomic mass is 16.1. The number of nitrogens with zero attached hydrogens (tertiary/aromatic N) is 3. The lowest BCUT2D eigenvalue weighted by molar-refractivity contribution is -0.115. The summed E-state index contributed by atoms with van der Waals surface area (Å²) in [6.45, 7) is 5.21. The highest BCUT2D eigenvalue weighted by Gasteiger charge is 2.31. The van der Waals surface area contributed by atoms with Gasteiger partial charge in [0.1, 0.15) is 12.1 Å². The maximum absolute atomic E-state index is 11.7. The van der Waals surface area contributed by atoms with E-state index in [1.165, 1.54) is 37.5 Å². The number of aldehydes is 1. The first kappa shape index (κ1) is 20.0. The van der Waals surface area contributed by atoms with Gasteiger partial charge in [-0.1, -0.05) is 43.2 Å². The summed E-state index contributed by atoms with van der Waals surface area (Å²) in [7, 11) is 0. The lowest BCUT2D eigenvalue weighted by atomic mass is 9.97. The summed E-state index contributed by atoms with van der Waals surface area (Å²) in [5.41, 5.74) is 9.15. The van der Waals surface area contributed by atoms with Crippen LogP contribution in [0.2, 0.25) is 0 Å². The van der Waals surface area contributed by atoms with E-state index in [0.29, 0.717) is 11.7 Å². The Hall–Kier alpha value is -2.24. The number of piperazine rings is 1. The molecule has 5 nitrogen and oxygen atoms in total. The number of benzene rings is 1. The molecule has 5 heteroatoms. The van der Waals surface area contributed by atoms with E-state index in [0.717, 1.165) is 50.4 Å². The zero-order valence-electron chi connectivity index (χ0n) is 17.2. The quantitative estimate of drug-likeness (QED) is 0.733. The smallest absolute Gasteiger partial charge is 0.137 e. The molecule has 2 fully saturated rings.